The predicted octanol–water partition coefficient (Wildman–Crippen LogP) is 2.40. The zero-order valence-electron chi connectivity index (χ0n) is 8.34. The average Bonchev–Trinajstić information content (AvgIpc) is 2.14. The molecule has 1 N–H and O–H groups in total. The first kappa shape index (κ1) is 12.4. The molecule has 0 heterocycles. The summed E-state index contributed by atoms with van der Waals surface area (Å²) in [5.74, 6) is -7.07. The molecule has 6 heteroatoms. The molecular formula is C10H9F3O3. The lowest BCUT2D eigenvalue weighted by Crippen LogP contribution is -2.21. The summed E-state index contributed by atoms with van der Waals surface area (Å²) in [6.07, 6.45) is -1.48. The topological polar surface area (TPSA) is 46.5 Å². The van der Waals surface area contributed by atoms with E-state index in [0.29, 0.717) is 0 Å². The van der Waals surface area contributed by atoms with Crippen molar-refractivity contribution < 1.29 is 27.8 Å². The van der Waals surface area contributed by atoms with Crippen LogP contribution in [0.1, 0.15) is 12.0 Å². The minimum absolute atomic E-state index is 0.369. The van der Waals surface area contributed by atoms with Gasteiger partial charge >= 0.3 is 5.97 Å². The number of carboxylic acid groups (broad SMARTS) is 1. The number of alkyl halides is 2. The van der Waals surface area contributed by atoms with Gasteiger partial charge in [-0.3, -0.25) is 4.79 Å². The molecule has 0 spiro atoms. The molecule has 0 amide bonds. The molecule has 0 aliphatic heterocycles. The normalized spacial score (nSPS) is 11.2. The third-order valence-corrected chi connectivity index (χ3v) is 1.93. The predicted molar refractivity (Wildman–Crippen MR) is 49.1 cm³/mol. The van der Waals surface area contributed by atoms with Crippen LogP contribution in [-0.4, -0.2) is 18.2 Å². The molecule has 1 rings (SSSR count). The van der Waals surface area contributed by atoms with Gasteiger partial charge < -0.3 is 9.84 Å². The van der Waals surface area contributed by atoms with Crippen LogP contribution in [0, 0.1) is 5.82 Å². The van der Waals surface area contributed by atoms with Crippen molar-refractivity contribution in [3.63, 3.8) is 0 Å². The van der Waals surface area contributed by atoms with Crippen molar-refractivity contribution in [2.45, 2.75) is 12.3 Å². The van der Waals surface area contributed by atoms with Crippen molar-refractivity contribution >= 4 is 5.97 Å². The van der Waals surface area contributed by atoms with Gasteiger partial charge in [0.25, 0.3) is 5.92 Å². The SMILES string of the molecule is COc1cccc(F)c1C(F)(F)CC(=O)O. The zero-order chi connectivity index (χ0) is 12.3. The molecular weight excluding hydrogens is 225 g/mol. The summed E-state index contributed by atoms with van der Waals surface area (Å²) in [7, 11) is 1.11. The first-order valence-corrected chi connectivity index (χ1v) is 4.31. The van der Waals surface area contributed by atoms with Gasteiger partial charge in [0.2, 0.25) is 0 Å². The Morgan fingerprint density at radius 3 is 2.62 bits per heavy atom. The number of ether oxygens (including phenoxy) is 1. The third-order valence-electron chi connectivity index (χ3n) is 1.93. The van der Waals surface area contributed by atoms with E-state index in [1.54, 1.807) is 0 Å². The average molecular weight is 234 g/mol. The second-order valence-electron chi connectivity index (χ2n) is 3.09. The number of aliphatic carboxylic acids is 1. The van der Waals surface area contributed by atoms with Gasteiger partial charge in [0, 0.05) is 0 Å². The molecule has 16 heavy (non-hydrogen) atoms. The van der Waals surface area contributed by atoms with Gasteiger partial charge in [-0.1, -0.05) is 6.07 Å². The van der Waals surface area contributed by atoms with E-state index < -0.39 is 29.7 Å². The Kier molecular flexibility index (Phi) is 3.41. The highest BCUT2D eigenvalue weighted by molar-refractivity contribution is 5.68. The third kappa shape index (κ3) is 2.44. The van der Waals surface area contributed by atoms with Crippen molar-refractivity contribution in [3.8, 4) is 5.75 Å². The molecule has 0 bridgehead atoms. The highest BCUT2D eigenvalue weighted by Gasteiger charge is 2.40. The first-order chi connectivity index (χ1) is 7.38. The maximum Gasteiger partial charge on any atom is 0.309 e. The molecule has 3 nitrogen and oxygen atoms in total. The molecule has 0 radical (unpaired) electrons. The van der Waals surface area contributed by atoms with Crippen LogP contribution in [0.25, 0.3) is 0 Å². The van der Waals surface area contributed by atoms with E-state index in [2.05, 4.69) is 4.74 Å². The van der Waals surface area contributed by atoms with E-state index >= 15 is 0 Å². The minimum atomic E-state index is -3.80. The molecule has 0 saturated heterocycles. The van der Waals surface area contributed by atoms with E-state index in [4.69, 9.17) is 5.11 Å². The van der Waals surface area contributed by atoms with E-state index in [0.717, 1.165) is 19.2 Å². The van der Waals surface area contributed by atoms with Crippen LogP contribution in [0.2, 0.25) is 0 Å². The molecule has 0 aromatic heterocycles. The Hall–Kier alpha value is -1.72. The van der Waals surface area contributed by atoms with Crippen molar-refractivity contribution in [2.24, 2.45) is 0 Å². The number of rotatable bonds is 4. The maximum absolute atomic E-state index is 13.4. The molecule has 0 aliphatic rings. The summed E-state index contributed by atoms with van der Waals surface area (Å²) in [5.41, 5.74) is -1.03. The number of carboxylic acids is 1. The second-order valence-corrected chi connectivity index (χ2v) is 3.09. The summed E-state index contributed by atoms with van der Waals surface area (Å²) >= 11 is 0. The summed E-state index contributed by atoms with van der Waals surface area (Å²) in [5, 5.41) is 8.32. The van der Waals surface area contributed by atoms with Crippen LogP contribution < -0.4 is 4.74 Å². The largest absolute Gasteiger partial charge is 0.496 e. The van der Waals surface area contributed by atoms with Gasteiger partial charge in [0.1, 0.15) is 18.0 Å². The molecule has 1 aromatic rings. The van der Waals surface area contributed by atoms with E-state index in [1.165, 1.54) is 6.07 Å². The highest BCUT2D eigenvalue weighted by Crippen LogP contribution is 2.39. The lowest BCUT2D eigenvalue weighted by atomic mass is 10.0. The van der Waals surface area contributed by atoms with Gasteiger partial charge in [-0.05, 0) is 12.1 Å². The van der Waals surface area contributed by atoms with Gasteiger partial charge in [-0.25, -0.2) is 13.2 Å². The molecule has 0 saturated carbocycles. The van der Waals surface area contributed by atoms with Crippen molar-refractivity contribution in [2.75, 3.05) is 7.11 Å². The monoisotopic (exact) mass is 234 g/mol. The van der Waals surface area contributed by atoms with Crippen molar-refractivity contribution in [1.29, 1.82) is 0 Å². The van der Waals surface area contributed by atoms with Crippen LogP contribution in [-0.2, 0) is 10.7 Å². The van der Waals surface area contributed by atoms with E-state index in [1.807, 2.05) is 0 Å². The molecule has 88 valence electrons. The summed E-state index contributed by atoms with van der Waals surface area (Å²) in [6.45, 7) is 0. The number of carbonyl (C=O) groups is 1. The lowest BCUT2D eigenvalue weighted by Gasteiger charge is -2.18. The van der Waals surface area contributed by atoms with Gasteiger partial charge in [-0.2, -0.15) is 0 Å². The first-order valence-electron chi connectivity index (χ1n) is 4.31. The van der Waals surface area contributed by atoms with Gasteiger partial charge in [0.05, 0.1) is 12.7 Å². The Morgan fingerprint density at radius 2 is 2.12 bits per heavy atom. The fraction of sp³-hybridized carbons (Fsp3) is 0.300. The lowest BCUT2D eigenvalue weighted by molar-refractivity contribution is -0.145. The highest BCUT2D eigenvalue weighted by atomic mass is 19.3. The standard InChI is InChI=1S/C10H9F3O3/c1-16-7-4-2-3-6(11)9(7)10(12,13)5-8(14)15/h2-4H,5H2,1H3,(H,14,15). The molecule has 0 atom stereocenters. The van der Waals surface area contributed by atoms with Crippen molar-refractivity contribution in [3.05, 3.63) is 29.6 Å². The fourth-order valence-electron chi connectivity index (χ4n) is 1.31. The molecule has 0 aliphatic carbocycles. The summed E-state index contributed by atoms with van der Waals surface area (Å²) < 4.78 is 44.6. The summed E-state index contributed by atoms with van der Waals surface area (Å²) in [4.78, 5) is 10.3. The zero-order valence-corrected chi connectivity index (χ0v) is 8.34. The number of hydrogen-bond acceptors (Lipinski definition) is 2. The quantitative estimate of drug-likeness (QED) is 0.870. The molecule has 1 aromatic carbocycles. The maximum atomic E-state index is 13.4. The fourth-order valence-corrected chi connectivity index (χ4v) is 1.31. The Morgan fingerprint density at radius 1 is 1.50 bits per heavy atom. The summed E-state index contributed by atoms with van der Waals surface area (Å²) in [6, 6.07) is 3.18. The van der Waals surface area contributed by atoms with E-state index in [9.17, 15) is 18.0 Å². The van der Waals surface area contributed by atoms with E-state index in [-0.39, 0.29) is 5.75 Å². The minimum Gasteiger partial charge on any atom is -0.496 e. The van der Waals surface area contributed by atoms with Crippen molar-refractivity contribution in [1.82, 2.24) is 0 Å². The Bertz CT molecular complexity index is 404. The smallest absolute Gasteiger partial charge is 0.309 e. The van der Waals surface area contributed by atoms with Crippen LogP contribution in [0.3, 0.4) is 0 Å². The number of methoxy groups -OCH3 is 1. The molecule has 0 unspecified atom stereocenters. The number of benzene rings is 1. The number of halogens is 3. The van der Waals surface area contributed by atoms with Crippen LogP contribution in [0.4, 0.5) is 13.2 Å². The van der Waals surface area contributed by atoms with Gasteiger partial charge in [0.15, 0.2) is 0 Å². The Balaban J connectivity index is 3.24. The molecule has 0 fully saturated rings. The number of hydrogen-bond donors (Lipinski definition) is 1. The van der Waals surface area contributed by atoms with Crippen LogP contribution >= 0.6 is 0 Å². The second kappa shape index (κ2) is 4.42. The van der Waals surface area contributed by atoms with Crippen LogP contribution in [0.5, 0.6) is 5.75 Å². The Labute approximate surface area is 89.5 Å². The van der Waals surface area contributed by atoms with Gasteiger partial charge in [-0.15, -0.1) is 0 Å². The van der Waals surface area contributed by atoms with Crippen LogP contribution in [0.15, 0.2) is 18.2 Å².